The number of aromatic nitrogens is 3. The van der Waals surface area contributed by atoms with Gasteiger partial charge in [-0.2, -0.15) is 0 Å². The van der Waals surface area contributed by atoms with Crippen molar-refractivity contribution in [2.75, 3.05) is 6.54 Å². The Morgan fingerprint density at radius 2 is 2.24 bits per heavy atom. The van der Waals surface area contributed by atoms with Crippen LogP contribution in [0.3, 0.4) is 0 Å². The van der Waals surface area contributed by atoms with E-state index in [2.05, 4.69) is 21.5 Å². The number of hydrogen-bond donors (Lipinski definition) is 1. The Bertz CT molecular complexity index is 489. The van der Waals surface area contributed by atoms with Crippen molar-refractivity contribution in [3.05, 3.63) is 24.2 Å². The third kappa shape index (κ3) is 2.64. The van der Waals surface area contributed by atoms with Gasteiger partial charge in [0.2, 0.25) is 0 Å². The van der Waals surface area contributed by atoms with Gasteiger partial charge in [-0.15, -0.1) is 0 Å². The summed E-state index contributed by atoms with van der Waals surface area (Å²) in [5.41, 5.74) is 7.51. The van der Waals surface area contributed by atoms with Gasteiger partial charge in [-0.25, -0.2) is 9.97 Å². The van der Waals surface area contributed by atoms with Crippen molar-refractivity contribution in [3.8, 4) is 0 Å². The maximum absolute atomic E-state index is 5.56. The lowest BCUT2D eigenvalue weighted by molar-refractivity contribution is 0.490. The Labute approximate surface area is 102 Å². The van der Waals surface area contributed by atoms with Crippen molar-refractivity contribution >= 4 is 11.2 Å². The van der Waals surface area contributed by atoms with Gasteiger partial charge < -0.3 is 10.3 Å². The Hall–Kier alpha value is -1.42. The fourth-order valence-corrected chi connectivity index (χ4v) is 2.10. The molecule has 0 saturated heterocycles. The Morgan fingerprint density at radius 1 is 1.41 bits per heavy atom. The monoisotopic (exact) mass is 232 g/mol. The number of rotatable bonds is 5. The maximum Gasteiger partial charge on any atom is 0.159 e. The molecule has 2 aromatic rings. The average Bonchev–Trinajstić information content (AvgIpc) is 2.65. The third-order valence-electron chi connectivity index (χ3n) is 3.24. The molecule has 0 saturated carbocycles. The number of nitrogens with zero attached hydrogens (tertiary/aromatic N) is 3. The van der Waals surface area contributed by atoms with E-state index in [1.165, 1.54) is 0 Å². The van der Waals surface area contributed by atoms with Gasteiger partial charge in [-0.1, -0.05) is 6.92 Å². The Kier molecular flexibility index (Phi) is 3.74. The van der Waals surface area contributed by atoms with Gasteiger partial charge in [0.05, 0.1) is 0 Å². The first-order chi connectivity index (χ1) is 8.22. The number of hydrogen-bond acceptors (Lipinski definition) is 3. The molecule has 0 aliphatic carbocycles. The fraction of sp³-hybridized carbons (Fsp3) is 0.538. The van der Waals surface area contributed by atoms with Gasteiger partial charge in [0.15, 0.2) is 5.65 Å². The quantitative estimate of drug-likeness (QED) is 0.856. The van der Waals surface area contributed by atoms with E-state index in [4.69, 9.17) is 5.73 Å². The van der Waals surface area contributed by atoms with Crippen LogP contribution >= 0.6 is 0 Å². The third-order valence-corrected chi connectivity index (χ3v) is 3.24. The van der Waals surface area contributed by atoms with Gasteiger partial charge in [-0.3, -0.25) is 0 Å². The molecule has 1 atom stereocenters. The van der Waals surface area contributed by atoms with E-state index in [0.717, 1.165) is 42.8 Å². The molecule has 0 amide bonds. The zero-order chi connectivity index (χ0) is 12.3. The van der Waals surface area contributed by atoms with Crippen LogP contribution in [-0.4, -0.2) is 21.1 Å². The van der Waals surface area contributed by atoms with Gasteiger partial charge >= 0.3 is 0 Å². The van der Waals surface area contributed by atoms with E-state index in [1.807, 2.05) is 25.4 Å². The fourth-order valence-electron chi connectivity index (χ4n) is 2.10. The predicted molar refractivity (Wildman–Crippen MR) is 69.7 cm³/mol. The molecule has 0 aromatic carbocycles. The molecule has 0 aliphatic rings. The van der Waals surface area contributed by atoms with E-state index in [-0.39, 0.29) is 0 Å². The molecule has 2 rings (SSSR count). The summed E-state index contributed by atoms with van der Waals surface area (Å²) in [6.07, 6.45) is 5.02. The van der Waals surface area contributed by atoms with Crippen molar-refractivity contribution in [2.45, 2.75) is 26.2 Å². The first-order valence-electron chi connectivity index (χ1n) is 6.18. The Balaban J connectivity index is 2.11. The van der Waals surface area contributed by atoms with Crippen molar-refractivity contribution in [1.82, 2.24) is 14.5 Å². The first kappa shape index (κ1) is 12.0. The molecule has 0 radical (unpaired) electrons. The van der Waals surface area contributed by atoms with Crippen LogP contribution in [0.4, 0.5) is 0 Å². The van der Waals surface area contributed by atoms with Gasteiger partial charge in [0, 0.05) is 19.7 Å². The number of nitrogens with two attached hydrogens (primary N) is 1. The van der Waals surface area contributed by atoms with E-state index in [0.29, 0.717) is 5.92 Å². The molecule has 0 fully saturated rings. The van der Waals surface area contributed by atoms with Gasteiger partial charge in [0.1, 0.15) is 11.3 Å². The lowest BCUT2D eigenvalue weighted by Crippen LogP contribution is -2.08. The molecule has 4 nitrogen and oxygen atoms in total. The molecule has 0 spiro atoms. The molecular weight excluding hydrogens is 212 g/mol. The van der Waals surface area contributed by atoms with Crippen LogP contribution in [0.15, 0.2) is 18.3 Å². The highest BCUT2D eigenvalue weighted by molar-refractivity contribution is 5.70. The molecule has 0 aliphatic heterocycles. The van der Waals surface area contributed by atoms with E-state index < -0.39 is 0 Å². The first-order valence-corrected chi connectivity index (χ1v) is 6.18. The second-order valence-corrected chi connectivity index (χ2v) is 4.65. The second kappa shape index (κ2) is 5.27. The van der Waals surface area contributed by atoms with Crippen LogP contribution < -0.4 is 5.73 Å². The average molecular weight is 232 g/mol. The topological polar surface area (TPSA) is 56.7 Å². The molecule has 4 heteroatoms. The summed E-state index contributed by atoms with van der Waals surface area (Å²) in [5.74, 6) is 1.77. The van der Waals surface area contributed by atoms with Crippen LogP contribution in [0.1, 0.15) is 25.6 Å². The minimum Gasteiger partial charge on any atom is -0.330 e. The largest absolute Gasteiger partial charge is 0.330 e. The summed E-state index contributed by atoms with van der Waals surface area (Å²) in [7, 11) is 2.03. The number of pyridine rings is 1. The standard InChI is InChI=1S/C13H20N4/c1-10(7-8-14)5-6-12-16-11-4-3-9-15-13(11)17(12)2/h3-4,9-10H,5-8,14H2,1-2H3. The minimum atomic E-state index is 0.660. The van der Waals surface area contributed by atoms with E-state index in [1.54, 1.807) is 0 Å². The number of fused-ring (bicyclic) bond motifs is 1. The summed E-state index contributed by atoms with van der Waals surface area (Å²) >= 11 is 0. The molecule has 2 aromatic heterocycles. The summed E-state index contributed by atoms with van der Waals surface area (Å²) in [4.78, 5) is 8.96. The highest BCUT2D eigenvalue weighted by atomic mass is 15.1. The molecule has 0 bridgehead atoms. The number of aryl methyl sites for hydroxylation is 2. The molecule has 2 heterocycles. The Morgan fingerprint density at radius 3 is 2.94 bits per heavy atom. The van der Waals surface area contributed by atoms with Crippen molar-refractivity contribution < 1.29 is 0 Å². The minimum absolute atomic E-state index is 0.660. The maximum atomic E-state index is 5.56. The van der Waals surface area contributed by atoms with Crippen LogP contribution in [0.5, 0.6) is 0 Å². The van der Waals surface area contributed by atoms with Crippen LogP contribution in [0, 0.1) is 5.92 Å². The van der Waals surface area contributed by atoms with Crippen molar-refractivity contribution in [2.24, 2.45) is 18.7 Å². The highest BCUT2D eigenvalue weighted by Crippen LogP contribution is 2.15. The van der Waals surface area contributed by atoms with Crippen LogP contribution in [-0.2, 0) is 13.5 Å². The van der Waals surface area contributed by atoms with E-state index >= 15 is 0 Å². The molecule has 2 N–H and O–H groups in total. The van der Waals surface area contributed by atoms with E-state index in [9.17, 15) is 0 Å². The SMILES string of the molecule is CC(CCN)CCc1nc2cccnc2n1C. The summed E-state index contributed by atoms with van der Waals surface area (Å²) in [6, 6.07) is 3.94. The zero-order valence-electron chi connectivity index (χ0n) is 10.6. The molecular formula is C13H20N4. The molecule has 1 unspecified atom stereocenters. The number of imidazole rings is 1. The summed E-state index contributed by atoms with van der Waals surface area (Å²) in [6.45, 7) is 3.01. The van der Waals surface area contributed by atoms with Crippen LogP contribution in [0.2, 0.25) is 0 Å². The zero-order valence-corrected chi connectivity index (χ0v) is 10.6. The predicted octanol–water partition coefficient (Wildman–Crippen LogP) is 1.89. The molecule has 17 heavy (non-hydrogen) atoms. The highest BCUT2D eigenvalue weighted by Gasteiger charge is 2.09. The summed E-state index contributed by atoms with van der Waals surface area (Å²) < 4.78 is 2.09. The van der Waals surface area contributed by atoms with Crippen LogP contribution in [0.25, 0.3) is 11.2 Å². The normalized spacial score (nSPS) is 13.1. The molecule has 92 valence electrons. The second-order valence-electron chi connectivity index (χ2n) is 4.65. The summed E-state index contributed by atoms with van der Waals surface area (Å²) in [5, 5.41) is 0. The lowest BCUT2D eigenvalue weighted by atomic mass is 10.0. The smallest absolute Gasteiger partial charge is 0.159 e. The van der Waals surface area contributed by atoms with Crippen molar-refractivity contribution in [1.29, 1.82) is 0 Å². The lowest BCUT2D eigenvalue weighted by Gasteiger charge is -2.09. The van der Waals surface area contributed by atoms with Crippen molar-refractivity contribution in [3.63, 3.8) is 0 Å². The van der Waals surface area contributed by atoms with Gasteiger partial charge in [-0.05, 0) is 37.4 Å². The van der Waals surface area contributed by atoms with Gasteiger partial charge in [0.25, 0.3) is 0 Å².